The van der Waals surface area contributed by atoms with E-state index in [1.54, 1.807) is 12.1 Å². The molecule has 1 aliphatic heterocycles. The summed E-state index contributed by atoms with van der Waals surface area (Å²) in [6, 6.07) is 5.39. The van der Waals surface area contributed by atoms with E-state index < -0.39 is 0 Å². The number of carbonyl (C=O) groups excluding carboxylic acids is 1. The molecule has 0 aliphatic carbocycles. The summed E-state index contributed by atoms with van der Waals surface area (Å²) in [7, 11) is 0. The molecule has 0 saturated carbocycles. The van der Waals surface area contributed by atoms with Crippen LogP contribution in [0.5, 0.6) is 0 Å². The van der Waals surface area contributed by atoms with Crippen LogP contribution in [-0.4, -0.2) is 23.9 Å². The van der Waals surface area contributed by atoms with E-state index in [-0.39, 0.29) is 5.91 Å². The second-order valence-electron chi connectivity index (χ2n) is 4.60. The number of hydrogen-bond donors (Lipinski definition) is 0. The van der Waals surface area contributed by atoms with Gasteiger partial charge in [-0.2, -0.15) is 0 Å². The minimum atomic E-state index is 0.0446. The van der Waals surface area contributed by atoms with Crippen LogP contribution in [0.2, 0.25) is 5.02 Å². The van der Waals surface area contributed by atoms with Gasteiger partial charge in [0.15, 0.2) is 0 Å². The molecule has 92 valence electrons. The number of rotatable bonds is 1. The third-order valence-electron chi connectivity index (χ3n) is 3.23. The van der Waals surface area contributed by atoms with Gasteiger partial charge in [-0.3, -0.25) is 4.79 Å². The van der Waals surface area contributed by atoms with Crippen LogP contribution in [0.4, 0.5) is 0 Å². The Balaban J connectivity index is 2.16. The van der Waals surface area contributed by atoms with E-state index in [1.807, 2.05) is 11.0 Å². The molecule has 1 fully saturated rings. The predicted molar refractivity (Wildman–Crippen MR) is 73.5 cm³/mol. The molecule has 1 aromatic rings. The monoisotopic (exact) mass is 315 g/mol. The Labute approximate surface area is 115 Å². The van der Waals surface area contributed by atoms with Gasteiger partial charge < -0.3 is 4.90 Å². The molecule has 0 aromatic heterocycles. The van der Waals surface area contributed by atoms with Crippen LogP contribution in [0, 0.1) is 5.92 Å². The smallest absolute Gasteiger partial charge is 0.255 e. The Morgan fingerprint density at radius 1 is 1.41 bits per heavy atom. The molecule has 2 nitrogen and oxygen atoms in total. The lowest BCUT2D eigenvalue weighted by Crippen LogP contribution is -2.38. The second-order valence-corrected chi connectivity index (χ2v) is 5.92. The highest BCUT2D eigenvalue weighted by Gasteiger charge is 2.22. The van der Waals surface area contributed by atoms with Crippen molar-refractivity contribution in [2.75, 3.05) is 13.1 Å². The summed E-state index contributed by atoms with van der Waals surface area (Å²) < 4.78 is 0.885. The van der Waals surface area contributed by atoms with Gasteiger partial charge in [0.05, 0.1) is 10.6 Å². The van der Waals surface area contributed by atoms with E-state index in [4.69, 9.17) is 11.6 Å². The fraction of sp³-hybridized carbons (Fsp3) is 0.462. The number of carbonyl (C=O) groups is 1. The standard InChI is InChI=1S/C13H15BrClNO/c1-9-4-6-16(7-5-9)13(17)11-8-10(14)2-3-12(11)15/h2-3,8-9H,4-7H2,1H3. The van der Waals surface area contributed by atoms with E-state index in [1.165, 1.54) is 0 Å². The van der Waals surface area contributed by atoms with Gasteiger partial charge in [0.25, 0.3) is 5.91 Å². The van der Waals surface area contributed by atoms with Crippen molar-refractivity contribution >= 4 is 33.4 Å². The summed E-state index contributed by atoms with van der Waals surface area (Å²) in [5, 5.41) is 0.525. The van der Waals surface area contributed by atoms with Crippen molar-refractivity contribution in [1.82, 2.24) is 4.90 Å². The van der Waals surface area contributed by atoms with Gasteiger partial charge in [-0.1, -0.05) is 34.5 Å². The van der Waals surface area contributed by atoms with Crippen molar-refractivity contribution in [3.8, 4) is 0 Å². The zero-order chi connectivity index (χ0) is 12.4. The molecule has 2 rings (SSSR count). The molecule has 0 N–H and O–H groups in total. The molecule has 0 radical (unpaired) electrons. The number of hydrogen-bond acceptors (Lipinski definition) is 1. The van der Waals surface area contributed by atoms with Crippen molar-refractivity contribution in [3.63, 3.8) is 0 Å². The number of halogens is 2. The van der Waals surface area contributed by atoms with E-state index >= 15 is 0 Å². The third-order valence-corrected chi connectivity index (χ3v) is 4.05. The van der Waals surface area contributed by atoms with Crippen LogP contribution in [0.15, 0.2) is 22.7 Å². The highest BCUT2D eigenvalue weighted by Crippen LogP contribution is 2.24. The van der Waals surface area contributed by atoms with Gasteiger partial charge in [0.1, 0.15) is 0 Å². The summed E-state index contributed by atoms with van der Waals surface area (Å²) in [5.41, 5.74) is 0.593. The lowest BCUT2D eigenvalue weighted by Gasteiger charge is -2.30. The number of piperidine rings is 1. The fourth-order valence-electron chi connectivity index (χ4n) is 2.04. The van der Waals surface area contributed by atoms with E-state index in [0.717, 1.165) is 36.3 Å². The lowest BCUT2D eigenvalue weighted by atomic mass is 9.98. The zero-order valence-electron chi connectivity index (χ0n) is 9.75. The fourth-order valence-corrected chi connectivity index (χ4v) is 2.60. The predicted octanol–water partition coefficient (Wildman–Crippen LogP) is 3.97. The molecule has 1 aromatic carbocycles. The average molecular weight is 317 g/mol. The Morgan fingerprint density at radius 2 is 2.06 bits per heavy atom. The molecular formula is C13H15BrClNO. The minimum Gasteiger partial charge on any atom is -0.339 e. The number of nitrogens with zero attached hydrogens (tertiary/aromatic N) is 1. The van der Waals surface area contributed by atoms with Gasteiger partial charge in [0, 0.05) is 17.6 Å². The van der Waals surface area contributed by atoms with Crippen LogP contribution in [0.1, 0.15) is 30.1 Å². The minimum absolute atomic E-state index is 0.0446. The van der Waals surface area contributed by atoms with Gasteiger partial charge in [-0.25, -0.2) is 0 Å². The first-order chi connectivity index (χ1) is 8.08. The normalized spacial score (nSPS) is 17.2. The first kappa shape index (κ1) is 12.9. The summed E-state index contributed by atoms with van der Waals surface area (Å²) in [5.74, 6) is 0.764. The topological polar surface area (TPSA) is 20.3 Å². The van der Waals surface area contributed by atoms with Gasteiger partial charge in [-0.05, 0) is 37.0 Å². The second kappa shape index (κ2) is 5.40. The lowest BCUT2D eigenvalue weighted by molar-refractivity contribution is 0.0697. The summed E-state index contributed by atoms with van der Waals surface area (Å²) in [4.78, 5) is 14.2. The average Bonchev–Trinajstić information content (AvgIpc) is 2.32. The Bertz CT molecular complexity index is 427. The SMILES string of the molecule is CC1CCN(C(=O)c2cc(Br)ccc2Cl)CC1. The van der Waals surface area contributed by atoms with Gasteiger partial charge in [0.2, 0.25) is 0 Å². The molecule has 0 unspecified atom stereocenters. The van der Waals surface area contributed by atoms with Crippen molar-refractivity contribution in [1.29, 1.82) is 0 Å². The summed E-state index contributed by atoms with van der Waals surface area (Å²) in [6.45, 7) is 3.90. The Morgan fingerprint density at radius 3 is 2.71 bits per heavy atom. The number of likely N-dealkylation sites (tertiary alicyclic amines) is 1. The largest absolute Gasteiger partial charge is 0.339 e. The number of amides is 1. The number of benzene rings is 1. The quantitative estimate of drug-likeness (QED) is 0.767. The molecular weight excluding hydrogens is 302 g/mol. The van der Waals surface area contributed by atoms with Crippen LogP contribution < -0.4 is 0 Å². The first-order valence-corrected chi connectivity index (χ1v) is 6.99. The third kappa shape index (κ3) is 3.02. The molecule has 4 heteroatoms. The molecule has 0 spiro atoms. The summed E-state index contributed by atoms with van der Waals surface area (Å²) in [6.07, 6.45) is 2.16. The molecule has 1 heterocycles. The maximum atomic E-state index is 12.3. The molecule has 1 saturated heterocycles. The molecule has 1 amide bonds. The molecule has 0 atom stereocenters. The zero-order valence-corrected chi connectivity index (χ0v) is 12.1. The van der Waals surface area contributed by atoms with Crippen molar-refractivity contribution in [2.24, 2.45) is 5.92 Å². The Kier molecular flexibility index (Phi) is 4.10. The van der Waals surface area contributed by atoms with Crippen molar-refractivity contribution in [2.45, 2.75) is 19.8 Å². The highest BCUT2D eigenvalue weighted by molar-refractivity contribution is 9.10. The van der Waals surface area contributed by atoms with E-state index in [0.29, 0.717) is 10.6 Å². The maximum Gasteiger partial charge on any atom is 0.255 e. The molecule has 17 heavy (non-hydrogen) atoms. The van der Waals surface area contributed by atoms with Gasteiger partial charge in [-0.15, -0.1) is 0 Å². The van der Waals surface area contributed by atoms with Crippen LogP contribution in [-0.2, 0) is 0 Å². The van der Waals surface area contributed by atoms with E-state index in [9.17, 15) is 4.79 Å². The van der Waals surface area contributed by atoms with Gasteiger partial charge >= 0.3 is 0 Å². The van der Waals surface area contributed by atoms with Crippen LogP contribution >= 0.6 is 27.5 Å². The molecule has 1 aliphatic rings. The van der Waals surface area contributed by atoms with Crippen LogP contribution in [0.25, 0.3) is 0 Å². The first-order valence-electron chi connectivity index (χ1n) is 5.82. The molecule has 0 bridgehead atoms. The van der Waals surface area contributed by atoms with Crippen LogP contribution in [0.3, 0.4) is 0 Å². The Hall–Kier alpha value is -0.540. The van der Waals surface area contributed by atoms with Crippen molar-refractivity contribution < 1.29 is 4.79 Å². The maximum absolute atomic E-state index is 12.3. The van der Waals surface area contributed by atoms with Crippen molar-refractivity contribution in [3.05, 3.63) is 33.3 Å². The highest BCUT2D eigenvalue weighted by atomic mass is 79.9. The summed E-state index contributed by atoms with van der Waals surface area (Å²) >= 11 is 9.44. The van der Waals surface area contributed by atoms with E-state index in [2.05, 4.69) is 22.9 Å².